The van der Waals surface area contributed by atoms with Crippen LogP contribution in [0.4, 0.5) is 5.69 Å². The van der Waals surface area contributed by atoms with Crippen LogP contribution in [0.1, 0.15) is 6.42 Å². The molecule has 1 aliphatic rings. The third kappa shape index (κ3) is 2.66. The average Bonchev–Trinajstić information content (AvgIpc) is 2.44. The largest absolute Gasteiger partial charge is 0.495 e. The highest BCUT2D eigenvalue weighted by atomic mass is 16.5. The van der Waals surface area contributed by atoms with Gasteiger partial charge in [0.05, 0.1) is 12.8 Å². The fourth-order valence-corrected chi connectivity index (χ4v) is 2.50. The van der Waals surface area contributed by atoms with E-state index < -0.39 is 0 Å². The maximum Gasteiger partial charge on any atom is 0.245 e. The van der Waals surface area contributed by atoms with Crippen molar-refractivity contribution in [3.05, 3.63) is 24.3 Å². The Labute approximate surface area is 113 Å². The highest BCUT2D eigenvalue weighted by Crippen LogP contribution is 2.31. The number of benzene rings is 1. The van der Waals surface area contributed by atoms with Gasteiger partial charge in [-0.25, -0.2) is 0 Å². The Bertz CT molecular complexity index is 450. The predicted molar refractivity (Wildman–Crippen MR) is 75.4 cm³/mol. The molecule has 2 N–H and O–H groups in total. The standard InChI is InChI=1S/C14H21N3O2/c1-16-9-10-17(12(7-8-15)14(16)18)11-5-3-4-6-13(11)19-2/h3-6,12H,7-10,15H2,1-2H3. The zero-order valence-corrected chi connectivity index (χ0v) is 11.5. The van der Waals surface area contributed by atoms with E-state index in [9.17, 15) is 4.79 Å². The fourth-order valence-electron chi connectivity index (χ4n) is 2.50. The van der Waals surface area contributed by atoms with Crippen molar-refractivity contribution in [2.45, 2.75) is 12.5 Å². The quantitative estimate of drug-likeness (QED) is 0.868. The number of carbonyl (C=O) groups is 1. The molecule has 0 spiro atoms. The second-order valence-corrected chi connectivity index (χ2v) is 4.72. The molecule has 1 heterocycles. The molecule has 5 nitrogen and oxygen atoms in total. The Balaban J connectivity index is 2.33. The van der Waals surface area contributed by atoms with Crippen LogP contribution in [0.25, 0.3) is 0 Å². The topological polar surface area (TPSA) is 58.8 Å². The summed E-state index contributed by atoms with van der Waals surface area (Å²) >= 11 is 0. The summed E-state index contributed by atoms with van der Waals surface area (Å²) in [6.45, 7) is 2.02. The molecule has 1 aromatic carbocycles. The van der Waals surface area contributed by atoms with Crippen LogP contribution < -0.4 is 15.4 Å². The molecular formula is C14H21N3O2. The van der Waals surface area contributed by atoms with Gasteiger partial charge in [0.25, 0.3) is 0 Å². The smallest absolute Gasteiger partial charge is 0.245 e. The van der Waals surface area contributed by atoms with E-state index in [4.69, 9.17) is 10.5 Å². The van der Waals surface area contributed by atoms with Gasteiger partial charge < -0.3 is 20.3 Å². The summed E-state index contributed by atoms with van der Waals surface area (Å²) in [5.41, 5.74) is 6.61. The minimum absolute atomic E-state index is 0.127. The van der Waals surface area contributed by atoms with Crippen LogP contribution in [0.5, 0.6) is 5.75 Å². The number of hydrogen-bond acceptors (Lipinski definition) is 4. The van der Waals surface area contributed by atoms with Crippen LogP contribution in [0, 0.1) is 0 Å². The molecule has 1 atom stereocenters. The first kappa shape index (κ1) is 13.7. The van der Waals surface area contributed by atoms with Gasteiger partial charge in [-0.05, 0) is 25.1 Å². The number of amides is 1. The van der Waals surface area contributed by atoms with Crippen LogP contribution in [-0.2, 0) is 4.79 Å². The summed E-state index contributed by atoms with van der Waals surface area (Å²) in [6.07, 6.45) is 0.654. The molecule has 1 aromatic rings. The summed E-state index contributed by atoms with van der Waals surface area (Å²) in [6, 6.07) is 7.59. The Morgan fingerprint density at radius 2 is 2.11 bits per heavy atom. The highest BCUT2D eigenvalue weighted by molar-refractivity contribution is 5.87. The lowest BCUT2D eigenvalue weighted by molar-refractivity contribution is -0.133. The van der Waals surface area contributed by atoms with E-state index in [1.54, 1.807) is 12.0 Å². The summed E-state index contributed by atoms with van der Waals surface area (Å²) < 4.78 is 5.39. The van der Waals surface area contributed by atoms with Crippen LogP contribution in [0.15, 0.2) is 24.3 Å². The number of rotatable bonds is 4. The SMILES string of the molecule is COc1ccccc1N1CCN(C)C(=O)C1CCN. The summed E-state index contributed by atoms with van der Waals surface area (Å²) in [5.74, 6) is 0.921. The number of piperazine rings is 1. The van der Waals surface area contributed by atoms with Gasteiger partial charge in [0.1, 0.15) is 11.8 Å². The number of carbonyl (C=O) groups excluding carboxylic acids is 1. The van der Waals surface area contributed by atoms with E-state index in [0.29, 0.717) is 13.0 Å². The van der Waals surface area contributed by atoms with Crippen LogP contribution in [0.2, 0.25) is 0 Å². The number of anilines is 1. The zero-order valence-electron chi connectivity index (χ0n) is 11.5. The third-order valence-electron chi connectivity index (χ3n) is 3.55. The molecule has 0 radical (unpaired) electrons. The molecule has 0 bridgehead atoms. The fraction of sp³-hybridized carbons (Fsp3) is 0.500. The molecule has 1 aliphatic heterocycles. The maximum atomic E-state index is 12.3. The minimum Gasteiger partial charge on any atom is -0.495 e. The zero-order chi connectivity index (χ0) is 13.8. The van der Waals surface area contributed by atoms with Crippen LogP contribution >= 0.6 is 0 Å². The number of likely N-dealkylation sites (N-methyl/N-ethyl adjacent to an activating group) is 1. The van der Waals surface area contributed by atoms with Gasteiger partial charge in [0.2, 0.25) is 5.91 Å². The number of hydrogen-bond donors (Lipinski definition) is 1. The number of methoxy groups -OCH3 is 1. The van der Waals surface area contributed by atoms with Gasteiger partial charge in [-0.2, -0.15) is 0 Å². The van der Waals surface area contributed by atoms with E-state index in [1.807, 2.05) is 31.3 Å². The van der Waals surface area contributed by atoms with Gasteiger partial charge in [0.15, 0.2) is 0 Å². The molecule has 1 saturated heterocycles. The van der Waals surface area contributed by atoms with Crippen molar-refractivity contribution < 1.29 is 9.53 Å². The third-order valence-corrected chi connectivity index (χ3v) is 3.55. The molecule has 0 aliphatic carbocycles. The second-order valence-electron chi connectivity index (χ2n) is 4.72. The summed E-state index contributed by atoms with van der Waals surface area (Å²) in [5, 5.41) is 0. The van der Waals surface area contributed by atoms with Crippen LogP contribution in [-0.4, -0.2) is 50.6 Å². The van der Waals surface area contributed by atoms with Crippen molar-refractivity contribution in [1.29, 1.82) is 0 Å². The molecular weight excluding hydrogens is 242 g/mol. The van der Waals surface area contributed by atoms with Gasteiger partial charge >= 0.3 is 0 Å². The van der Waals surface area contributed by atoms with Gasteiger partial charge in [0, 0.05) is 20.1 Å². The first-order chi connectivity index (χ1) is 9.19. The van der Waals surface area contributed by atoms with E-state index in [2.05, 4.69) is 4.90 Å². The lowest BCUT2D eigenvalue weighted by atomic mass is 10.1. The average molecular weight is 263 g/mol. The van der Waals surface area contributed by atoms with Crippen molar-refractivity contribution in [1.82, 2.24) is 4.90 Å². The molecule has 0 saturated carbocycles. The van der Waals surface area contributed by atoms with E-state index >= 15 is 0 Å². The van der Waals surface area contributed by atoms with Crippen molar-refractivity contribution >= 4 is 11.6 Å². The van der Waals surface area contributed by atoms with E-state index in [0.717, 1.165) is 24.5 Å². The molecule has 1 amide bonds. The van der Waals surface area contributed by atoms with Crippen molar-refractivity contribution in [2.24, 2.45) is 5.73 Å². The van der Waals surface area contributed by atoms with Crippen molar-refractivity contribution in [3.63, 3.8) is 0 Å². The monoisotopic (exact) mass is 263 g/mol. The van der Waals surface area contributed by atoms with Gasteiger partial charge in [-0.15, -0.1) is 0 Å². The Hall–Kier alpha value is -1.75. The minimum atomic E-state index is -0.194. The first-order valence-electron chi connectivity index (χ1n) is 6.53. The van der Waals surface area contributed by atoms with Gasteiger partial charge in [-0.1, -0.05) is 12.1 Å². The molecule has 19 heavy (non-hydrogen) atoms. The molecule has 0 aromatic heterocycles. The second kappa shape index (κ2) is 5.93. The number of para-hydroxylation sites is 2. The Morgan fingerprint density at radius 1 is 1.37 bits per heavy atom. The first-order valence-corrected chi connectivity index (χ1v) is 6.53. The Morgan fingerprint density at radius 3 is 2.79 bits per heavy atom. The maximum absolute atomic E-state index is 12.3. The lowest BCUT2D eigenvalue weighted by Gasteiger charge is -2.41. The van der Waals surface area contributed by atoms with E-state index in [-0.39, 0.29) is 11.9 Å². The molecule has 1 fully saturated rings. The summed E-state index contributed by atoms with van der Waals surface area (Å²) in [4.78, 5) is 16.2. The Kier molecular flexibility index (Phi) is 4.27. The molecule has 1 unspecified atom stereocenters. The van der Waals surface area contributed by atoms with Gasteiger partial charge in [-0.3, -0.25) is 4.79 Å². The van der Waals surface area contributed by atoms with E-state index in [1.165, 1.54) is 0 Å². The molecule has 2 rings (SSSR count). The normalized spacial score (nSPS) is 19.7. The summed E-state index contributed by atoms with van der Waals surface area (Å²) in [7, 11) is 3.49. The van der Waals surface area contributed by atoms with Crippen LogP contribution in [0.3, 0.4) is 0 Å². The van der Waals surface area contributed by atoms with Crippen molar-refractivity contribution in [3.8, 4) is 5.75 Å². The lowest BCUT2D eigenvalue weighted by Crippen LogP contribution is -2.56. The predicted octanol–water partition coefficient (Wildman–Crippen LogP) is 0.691. The van der Waals surface area contributed by atoms with Crippen molar-refractivity contribution in [2.75, 3.05) is 38.7 Å². The highest BCUT2D eigenvalue weighted by Gasteiger charge is 2.33. The molecule has 104 valence electrons. The number of ether oxygens (including phenoxy) is 1. The number of nitrogens with two attached hydrogens (primary N) is 1. The molecule has 5 heteroatoms. The number of nitrogens with zero attached hydrogens (tertiary/aromatic N) is 2.